The van der Waals surface area contributed by atoms with Crippen molar-refractivity contribution in [3.8, 4) is 0 Å². The van der Waals surface area contributed by atoms with E-state index in [-0.39, 0.29) is 17.4 Å². The number of carbonyl (C=O) groups is 2. The van der Waals surface area contributed by atoms with Crippen LogP contribution in [0.3, 0.4) is 0 Å². The number of aromatic nitrogens is 2. The van der Waals surface area contributed by atoms with Crippen LogP contribution >= 0.6 is 0 Å². The molecule has 0 saturated carbocycles. The van der Waals surface area contributed by atoms with Gasteiger partial charge in [0.05, 0.1) is 12.4 Å². The molecule has 2 N–H and O–H groups in total. The van der Waals surface area contributed by atoms with Crippen LogP contribution in [-0.2, 0) is 6.54 Å². The molecule has 0 aliphatic carbocycles. The molecule has 26 heavy (non-hydrogen) atoms. The Morgan fingerprint density at radius 3 is 2.46 bits per heavy atom. The number of Topliss-reactive ketones (excluding diaryl/α,β-unsaturated/α-hetero) is 1. The fraction of sp³-hybridized carbons (Fsp3) is 0.100. The molecule has 0 aliphatic rings. The molecule has 0 bridgehead atoms. The minimum atomic E-state index is -0.286. The molecule has 6 nitrogen and oxygen atoms in total. The van der Waals surface area contributed by atoms with Gasteiger partial charge in [0.25, 0.3) is 5.91 Å². The van der Waals surface area contributed by atoms with E-state index >= 15 is 0 Å². The first-order valence-corrected chi connectivity index (χ1v) is 8.14. The minimum absolute atomic E-state index is 0.00910. The van der Waals surface area contributed by atoms with Crippen LogP contribution in [0.15, 0.2) is 67.0 Å². The number of hydrogen-bond donors (Lipinski definition) is 2. The molecule has 1 aromatic heterocycles. The summed E-state index contributed by atoms with van der Waals surface area (Å²) in [6, 6.07) is 16.7. The average molecular weight is 346 g/mol. The number of hydrogen-bond acceptors (Lipinski definition) is 5. The first-order chi connectivity index (χ1) is 12.6. The summed E-state index contributed by atoms with van der Waals surface area (Å²) in [4.78, 5) is 31.9. The van der Waals surface area contributed by atoms with Crippen LogP contribution in [0.2, 0.25) is 0 Å². The van der Waals surface area contributed by atoms with Gasteiger partial charge >= 0.3 is 0 Å². The molecule has 2 aromatic carbocycles. The van der Waals surface area contributed by atoms with Crippen molar-refractivity contribution in [3.63, 3.8) is 0 Å². The molecule has 0 spiro atoms. The largest absolute Gasteiger partial charge is 0.347 e. The second-order valence-electron chi connectivity index (χ2n) is 5.72. The first-order valence-electron chi connectivity index (χ1n) is 8.14. The van der Waals surface area contributed by atoms with Crippen molar-refractivity contribution in [2.45, 2.75) is 13.5 Å². The van der Waals surface area contributed by atoms with Gasteiger partial charge in [0.2, 0.25) is 0 Å². The molecular formula is C20H18N4O2. The van der Waals surface area contributed by atoms with Crippen LogP contribution in [0.5, 0.6) is 0 Å². The highest BCUT2D eigenvalue weighted by atomic mass is 16.1. The molecule has 0 radical (unpaired) electrons. The average Bonchev–Trinajstić information content (AvgIpc) is 2.68. The van der Waals surface area contributed by atoms with Crippen LogP contribution in [0.4, 0.5) is 11.5 Å². The maximum Gasteiger partial charge on any atom is 0.271 e. The van der Waals surface area contributed by atoms with E-state index in [9.17, 15) is 9.59 Å². The molecule has 1 heterocycles. The van der Waals surface area contributed by atoms with E-state index in [1.807, 2.05) is 36.4 Å². The number of ketones is 1. The molecule has 3 rings (SSSR count). The number of amides is 1. The van der Waals surface area contributed by atoms with Crippen molar-refractivity contribution < 1.29 is 9.59 Å². The van der Waals surface area contributed by atoms with E-state index in [0.29, 0.717) is 17.9 Å². The highest BCUT2D eigenvalue weighted by Gasteiger charge is 2.08. The van der Waals surface area contributed by atoms with E-state index in [2.05, 4.69) is 20.6 Å². The lowest BCUT2D eigenvalue weighted by Crippen LogP contribution is -2.24. The Morgan fingerprint density at radius 2 is 1.77 bits per heavy atom. The highest BCUT2D eigenvalue weighted by molar-refractivity contribution is 5.95. The quantitative estimate of drug-likeness (QED) is 0.669. The topological polar surface area (TPSA) is 84.0 Å². The zero-order valence-electron chi connectivity index (χ0n) is 14.3. The summed E-state index contributed by atoms with van der Waals surface area (Å²) in [6.07, 6.45) is 2.90. The van der Waals surface area contributed by atoms with Gasteiger partial charge in [-0.1, -0.05) is 42.5 Å². The van der Waals surface area contributed by atoms with Gasteiger partial charge in [-0.05, 0) is 24.6 Å². The summed E-state index contributed by atoms with van der Waals surface area (Å²) in [5.41, 5.74) is 2.59. The van der Waals surface area contributed by atoms with Crippen LogP contribution in [-0.4, -0.2) is 21.7 Å². The predicted octanol–water partition coefficient (Wildman–Crippen LogP) is 3.35. The second kappa shape index (κ2) is 8.02. The third-order valence-electron chi connectivity index (χ3n) is 3.72. The van der Waals surface area contributed by atoms with Gasteiger partial charge in [-0.25, -0.2) is 9.97 Å². The van der Waals surface area contributed by atoms with Crippen molar-refractivity contribution in [2.75, 3.05) is 5.32 Å². The summed E-state index contributed by atoms with van der Waals surface area (Å²) >= 11 is 0. The number of rotatable bonds is 6. The minimum Gasteiger partial charge on any atom is -0.347 e. The zero-order chi connectivity index (χ0) is 18.4. The molecule has 1 amide bonds. The smallest absolute Gasteiger partial charge is 0.271 e. The van der Waals surface area contributed by atoms with Gasteiger partial charge < -0.3 is 10.6 Å². The molecular weight excluding hydrogens is 328 g/mol. The Hall–Kier alpha value is -3.54. The Labute approximate surface area is 151 Å². The normalized spacial score (nSPS) is 10.2. The second-order valence-corrected chi connectivity index (χ2v) is 5.72. The zero-order valence-corrected chi connectivity index (χ0v) is 14.3. The van der Waals surface area contributed by atoms with Crippen LogP contribution in [0.25, 0.3) is 0 Å². The maximum absolute atomic E-state index is 12.1. The molecule has 0 aliphatic heterocycles. The molecule has 6 heteroatoms. The standard InChI is InChI=1S/C20H18N4O2/c1-14(25)16-8-5-9-17(10-16)24-19-13-21-18(12-22-19)20(26)23-11-15-6-3-2-4-7-15/h2-10,12-13H,11H2,1H3,(H,22,24)(H,23,26). The van der Waals surface area contributed by atoms with Gasteiger partial charge in [0, 0.05) is 17.8 Å². The molecule has 3 aromatic rings. The Kier molecular flexibility index (Phi) is 5.34. The number of benzene rings is 2. The molecule has 130 valence electrons. The molecule has 0 fully saturated rings. The van der Waals surface area contributed by atoms with Crippen LogP contribution in [0, 0.1) is 0 Å². The number of carbonyl (C=O) groups excluding carboxylic acids is 2. The third kappa shape index (κ3) is 4.51. The number of nitrogens with one attached hydrogen (secondary N) is 2. The summed E-state index contributed by atoms with van der Waals surface area (Å²) in [5.74, 6) is 0.196. The number of anilines is 2. The van der Waals surface area contributed by atoms with E-state index in [4.69, 9.17) is 0 Å². The highest BCUT2D eigenvalue weighted by Crippen LogP contribution is 2.16. The Balaban J connectivity index is 1.62. The number of nitrogens with zero attached hydrogens (tertiary/aromatic N) is 2. The van der Waals surface area contributed by atoms with Crippen molar-refractivity contribution in [1.82, 2.24) is 15.3 Å². The Bertz CT molecular complexity index is 909. The lowest BCUT2D eigenvalue weighted by molar-refractivity contribution is 0.0944. The summed E-state index contributed by atoms with van der Waals surface area (Å²) in [7, 11) is 0. The lowest BCUT2D eigenvalue weighted by atomic mass is 10.1. The maximum atomic E-state index is 12.1. The van der Waals surface area contributed by atoms with Crippen LogP contribution < -0.4 is 10.6 Å². The van der Waals surface area contributed by atoms with Gasteiger partial charge in [0.1, 0.15) is 11.5 Å². The van der Waals surface area contributed by atoms with Crippen molar-refractivity contribution in [1.29, 1.82) is 0 Å². The van der Waals surface area contributed by atoms with Gasteiger partial charge in [-0.2, -0.15) is 0 Å². The Morgan fingerprint density at radius 1 is 0.962 bits per heavy atom. The molecule has 0 saturated heterocycles. The van der Waals surface area contributed by atoms with Gasteiger partial charge in [0.15, 0.2) is 5.78 Å². The van der Waals surface area contributed by atoms with E-state index in [0.717, 1.165) is 11.3 Å². The van der Waals surface area contributed by atoms with Crippen LogP contribution in [0.1, 0.15) is 33.3 Å². The van der Waals surface area contributed by atoms with Crippen molar-refractivity contribution >= 4 is 23.2 Å². The summed E-state index contributed by atoms with van der Waals surface area (Å²) in [6.45, 7) is 1.95. The van der Waals surface area contributed by atoms with Gasteiger partial charge in [-0.3, -0.25) is 9.59 Å². The lowest BCUT2D eigenvalue weighted by Gasteiger charge is -2.08. The summed E-state index contributed by atoms with van der Waals surface area (Å²) in [5, 5.41) is 5.87. The first kappa shape index (κ1) is 17.3. The fourth-order valence-electron chi connectivity index (χ4n) is 2.34. The molecule has 0 unspecified atom stereocenters. The predicted molar refractivity (Wildman–Crippen MR) is 99.4 cm³/mol. The summed E-state index contributed by atoms with van der Waals surface area (Å²) < 4.78 is 0. The van der Waals surface area contributed by atoms with E-state index < -0.39 is 0 Å². The molecule has 0 atom stereocenters. The van der Waals surface area contributed by atoms with E-state index in [1.165, 1.54) is 19.3 Å². The monoisotopic (exact) mass is 346 g/mol. The third-order valence-corrected chi connectivity index (χ3v) is 3.72. The van der Waals surface area contributed by atoms with Crippen molar-refractivity contribution in [2.24, 2.45) is 0 Å². The van der Waals surface area contributed by atoms with E-state index in [1.54, 1.807) is 18.2 Å². The fourth-order valence-corrected chi connectivity index (χ4v) is 2.34. The van der Waals surface area contributed by atoms with Crippen molar-refractivity contribution in [3.05, 3.63) is 83.8 Å². The SMILES string of the molecule is CC(=O)c1cccc(Nc2cnc(C(=O)NCc3ccccc3)cn2)c1. The van der Waals surface area contributed by atoms with Gasteiger partial charge in [-0.15, -0.1) is 0 Å².